The molecule has 24 heavy (non-hydrogen) atoms. The first-order chi connectivity index (χ1) is 11.3. The standard InChI is InChI=1S/C22H20N.HI/c1-23-21(17-15-19-9-4-2-5-10-19)13-8-14-22(23)18-16-20-11-6-3-7-12-20;/h2-18H,1H3;1H/q+1;/p-1/b17-15+,18-16+;. The topological polar surface area (TPSA) is 3.88 Å². The lowest BCUT2D eigenvalue weighted by Crippen LogP contribution is -3.00. The zero-order chi connectivity index (χ0) is 15.9. The predicted octanol–water partition coefficient (Wildman–Crippen LogP) is 1.86. The van der Waals surface area contributed by atoms with Gasteiger partial charge in [0.05, 0.1) is 0 Å². The van der Waals surface area contributed by atoms with Crippen LogP contribution in [0.1, 0.15) is 22.5 Å². The van der Waals surface area contributed by atoms with Crippen molar-refractivity contribution in [2.45, 2.75) is 0 Å². The molecule has 0 atom stereocenters. The highest BCUT2D eigenvalue weighted by molar-refractivity contribution is 5.69. The molecule has 0 unspecified atom stereocenters. The molecule has 0 aliphatic carbocycles. The second-order valence-corrected chi connectivity index (χ2v) is 5.42. The Balaban J connectivity index is 0.00000208. The van der Waals surface area contributed by atoms with Crippen molar-refractivity contribution >= 4 is 24.3 Å². The molecule has 3 rings (SSSR count). The summed E-state index contributed by atoms with van der Waals surface area (Å²) < 4.78 is 2.19. The number of pyridine rings is 1. The van der Waals surface area contributed by atoms with Crippen LogP contribution in [0.3, 0.4) is 0 Å². The summed E-state index contributed by atoms with van der Waals surface area (Å²) in [4.78, 5) is 0. The van der Waals surface area contributed by atoms with Crippen LogP contribution >= 0.6 is 0 Å². The third-order valence-electron chi connectivity index (χ3n) is 3.80. The molecule has 1 heterocycles. The lowest BCUT2D eigenvalue weighted by atomic mass is 10.1. The lowest BCUT2D eigenvalue weighted by Gasteiger charge is -1.99. The molecule has 0 fully saturated rings. The maximum atomic E-state index is 2.19. The number of hydrogen-bond acceptors (Lipinski definition) is 0. The fraction of sp³-hybridized carbons (Fsp3) is 0.0455. The quantitative estimate of drug-likeness (QED) is 0.444. The number of benzene rings is 2. The fourth-order valence-corrected chi connectivity index (χ4v) is 2.44. The third-order valence-corrected chi connectivity index (χ3v) is 3.80. The SMILES string of the molecule is C[n+]1c(/C=C/c2ccccc2)cccc1/C=C/c1ccccc1.[I-]. The Bertz CT molecular complexity index is 753. The minimum Gasteiger partial charge on any atom is -1.00 e. The summed E-state index contributed by atoms with van der Waals surface area (Å²) in [5, 5.41) is 0. The van der Waals surface area contributed by atoms with Crippen molar-refractivity contribution in [1.29, 1.82) is 0 Å². The van der Waals surface area contributed by atoms with E-state index in [1.54, 1.807) is 0 Å². The Morgan fingerprint density at radius 3 is 1.38 bits per heavy atom. The number of aromatic nitrogens is 1. The molecule has 0 amide bonds. The monoisotopic (exact) mass is 425 g/mol. The van der Waals surface area contributed by atoms with Crippen LogP contribution in [0.5, 0.6) is 0 Å². The maximum Gasteiger partial charge on any atom is 0.205 e. The second kappa shape index (κ2) is 9.18. The summed E-state index contributed by atoms with van der Waals surface area (Å²) in [5.41, 5.74) is 4.75. The molecule has 0 radical (unpaired) electrons. The molecular formula is C22H20IN. The Labute approximate surface area is 161 Å². The normalized spacial score (nSPS) is 10.9. The van der Waals surface area contributed by atoms with Gasteiger partial charge in [0.15, 0.2) is 0 Å². The van der Waals surface area contributed by atoms with Gasteiger partial charge < -0.3 is 24.0 Å². The van der Waals surface area contributed by atoms with Gasteiger partial charge in [-0.25, -0.2) is 0 Å². The Hall–Kier alpha value is -2.20. The van der Waals surface area contributed by atoms with Gasteiger partial charge in [0, 0.05) is 24.3 Å². The minimum absolute atomic E-state index is 0. The molecular weight excluding hydrogens is 405 g/mol. The van der Waals surface area contributed by atoms with Crippen LogP contribution in [-0.4, -0.2) is 0 Å². The Kier molecular flexibility index (Phi) is 6.94. The van der Waals surface area contributed by atoms with Gasteiger partial charge in [0.1, 0.15) is 7.05 Å². The van der Waals surface area contributed by atoms with Crippen LogP contribution in [-0.2, 0) is 7.05 Å². The molecule has 1 nitrogen and oxygen atoms in total. The molecule has 0 aliphatic heterocycles. The van der Waals surface area contributed by atoms with Crippen LogP contribution in [0.25, 0.3) is 24.3 Å². The minimum atomic E-state index is 0. The van der Waals surface area contributed by atoms with E-state index in [0.717, 1.165) is 0 Å². The number of rotatable bonds is 4. The van der Waals surface area contributed by atoms with Gasteiger partial charge in [0.25, 0.3) is 0 Å². The van der Waals surface area contributed by atoms with Gasteiger partial charge >= 0.3 is 0 Å². The zero-order valence-corrected chi connectivity index (χ0v) is 15.8. The van der Waals surface area contributed by atoms with Crippen LogP contribution in [0.2, 0.25) is 0 Å². The molecule has 0 saturated heterocycles. The number of nitrogens with zero attached hydrogens (tertiary/aromatic N) is 1. The van der Waals surface area contributed by atoms with Crippen LogP contribution < -0.4 is 28.5 Å². The predicted molar refractivity (Wildman–Crippen MR) is 98.4 cm³/mol. The third kappa shape index (κ3) is 4.90. The summed E-state index contributed by atoms with van der Waals surface area (Å²) in [5.74, 6) is 0. The van der Waals surface area contributed by atoms with Crippen molar-refractivity contribution in [2.24, 2.45) is 7.05 Å². The van der Waals surface area contributed by atoms with Gasteiger partial charge in [-0.05, 0) is 29.3 Å². The van der Waals surface area contributed by atoms with Crippen molar-refractivity contribution in [2.75, 3.05) is 0 Å². The average molecular weight is 425 g/mol. The van der Waals surface area contributed by atoms with Gasteiger partial charge in [-0.1, -0.05) is 60.7 Å². The summed E-state index contributed by atoms with van der Waals surface area (Å²) in [6.07, 6.45) is 8.57. The van der Waals surface area contributed by atoms with Crippen molar-refractivity contribution in [3.05, 3.63) is 101 Å². The number of hydrogen-bond donors (Lipinski definition) is 0. The van der Waals surface area contributed by atoms with E-state index in [4.69, 9.17) is 0 Å². The summed E-state index contributed by atoms with van der Waals surface area (Å²) >= 11 is 0. The molecule has 0 N–H and O–H groups in total. The highest BCUT2D eigenvalue weighted by Crippen LogP contribution is 2.08. The molecule has 0 bridgehead atoms. The van der Waals surface area contributed by atoms with Crippen LogP contribution in [0.4, 0.5) is 0 Å². The number of halogens is 1. The maximum absolute atomic E-state index is 2.19. The van der Waals surface area contributed by atoms with E-state index in [-0.39, 0.29) is 24.0 Å². The van der Waals surface area contributed by atoms with Crippen molar-refractivity contribution in [1.82, 2.24) is 0 Å². The van der Waals surface area contributed by atoms with Crippen molar-refractivity contribution in [3.8, 4) is 0 Å². The molecule has 120 valence electrons. The summed E-state index contributed by atoms with van der Waals surface area (Å²) in [6, 6.07) is 27.1. The van der Waals surface area contributed by atoms with Gasteiger partial charge in [-0.2, -0.15) is 4.57 Å². The smallest absolute Gasteiger partial charge is 0.205 e. The largest absolute Gasteiger partial charge is 1.00 e. The molecule has 2 heteroatoms. The Morgan fingerprint density at radius 1 is 0.542 bits per heavy atom. The van der Waals surface area contributed by atoms with Gasteiger partial charge in [-0.3, -0.25) is 0 Å². The van der Waals surface area contributed by atoms with Crippen molar-refractivity contribution in [3.63, 3.8) is 0 Å². The molecule has 3 aromatic rings. The first-order valence-electron chi connectivity index (χ1n) is 7.78. The highest BCUT2D eigenvalue weighted by atomic mass is 127. The van der Waals surface area contributed by atoms with E-state index in [9.17, 15) is 0 Å². The molecule has 0 spiro atoms. The van der Waals surface area contributed by atoms with E-state index in [2.05, 4.69) is 103 Å². The molecule has 2 aromatic carbocycles. The summed E-state index contributed by atoms with van der Waals surface area (Å²) in [7, 11) is 2.09. The van der Waals surface area contributed by atoms with Crippen LogP contribution in [0, 0.1) is 0 Å². The molecule has 0 saturated carbocycles. The molecule has 1 aromatic heterocycles. The molecule has 0 aliphatic rings. The van der Waals surface area contributed by atoms with Crippen LogP contribution in [0.15, 0.2) is 78.9 Å². The first kappa shape index (κ1) is 18.1. The second-order valence-electron chi connectivity index (χ2n) is 5.42. The lowest BCUT2D eigenvalue weighted by molar-refractivity contribution is -0.675. The van der Waals surface area contributed by atoms with E-state index in [0.29, 0.717) is 0 Å². The highest BCUT2D eigenvalue weighted by Gasteiger charge is 2.06. The van der Waals surface area contributed by atoms with E-state index in [1.165, 1.54) is 22.5 Å². The summed E-state index contributed by atoms with van der Waals surface area (Å²) in [6.45, 7) is 0. The van der Waals surface area contributed by atoms with Gasteiger partial charge in [-0.15, -0.1) is 0 Å². The zero-order valence-electron chi connectivity index (χ0n) is 13.6. The van der Waals surface area contributed by atoms with E-state index >= 15 is 0 Å². The fourth-order valence-electron chi connectivity index (χ4n) is 2.44. The average Bonchev–Trinajstić information content (AvgIpc) is 2.61. The van der Waals surface area contributed by atoms with E-state index in [1.807, 2.05) is 12.1 Å². The van der Waals surface area contributed by atoms with Gasteiger partial charge in [0.2, 0.25) is 11.4 Å². The van der Waals surface area contributed by atoms with Crippen molar-refractivity contribution < 1.29 is 28.5 Å². The Morgan fingerprint density at radius 2 is 0.958 bits per heavy atom. The first-order valence-corrected chi connectivity index (χ1v) is 7.78. The van der Waals surface area contributed by atoms with E-state index < -0.39 is 0 Å².